The van der Waals surface area contributed by atoms with Crippen LogP contribution in [-0.2, 0) is 6.54 Å². The molecule has 1 heterocycles. The molecular formula is C14H21N3. The Bertz CT molecular complexity index is 383. The first-order chi connectivity index (χ1) is 8.33. The van der Waals surface area contributed by atoms with Gasteiger partial charge in [-0.25, -0.2) is 0 Å². The zero-order valence-electron chi connectivity index (χ0n) is 10.5. The third-order valence-corrected chi connectivity index (χ3v) is 3.69. The van der Waals surface area contributed by atoms with Crippen molar-refractivity contribution < 1.29 is 0 Å². The van der Waals surface area contributed by atoms with Crippen molar-refractivity contribution in [3.63, 3.8) is 0 Å². The molecule has 0 radical (unpaired) electrons. The van der Waals surface area contributed by atoms with Crippen LogP contribution in [0.15, 0.2) is 18.5 Å². The van der Waals surface area contributed by atoms with Crippen LogP contribution in [0.4, 0.5) is 5.69 Å². The monoisotopic (exact) mass is 231 g/mol. The summed E-state index contributed by atoms with van der Waals surface area (Å²) in [4.78, 5) is 6.64. The van der Waals surface area contributed by atoms with Gasteiger partial charge in [-0.3, -0.25) is 4.98 Å². The largest absolute Gasteiger partial charge is 0.373 e. The molecule has 0 amide bonds. The Balaban J connectivity index is 1.66. The normalized spacial score (nSPS) is 19.4. The van der Waals surface area contributed by atoms with Gasteiger partial charge in [-0.2, -0.15) is 0 Å². The highest BCUT2D eigenvalue weighted by atomic mass is 15.1. The number of hydrogen-bond acceptors (Lipinski definition) is 3. The Morgan fingerprint density at radius 3 is 2.88 bits per heavy atom. The lowest BCUT2D eigenvalue weighted by Gasteiger charge is -2.22. The second-order valence-corrected chi connectivity index (χ2v) is 5.48. The fourth-order valence-electron chi connectivity index (χ4n) is 2.24. The Labute approximate surface area is 103 Å². The summed E-state index contributed by atoms with van der Waals surface area (Å²) in [5.74, 6) is 0.921. The van der Waals surface area contributed by atoms with Gasteiger partial charge in [0.15, 0.2) is 0 Å². The number of rotatable bonds is 6. The summed E-state index contributed by atoms with van der Waals surface area (Å²) in [6.45, 7) is 2.17. The molecule has 2 saturated carbocycles. The highest BCUT2D eigenvalue weighted by Gasteiger charge is 2.24. The molecule has 0 bridgehead atoms. The molecule has 0 spiro atoms. The SMILES string of the molecule is CN(CC1CC1)c1cnccc1CNC1CC1. The van der Waals surface area contributed by atoms with E-state index >= 15 is 0 Å². The molecular weight excluding hydrogens is 210 g/mol. The number of aromatic nitrogens is 1. The highest BCUT2D eigenvalue weighted by molar-refractivity contribution is 5.51. The minimum Gasteiger partial charge on any atom is -0.373 e. The van der Waals surface area contributed by atoms with Crippen LogP contribution in [-0.4, -0.2) is 24.6 Å². The Kier molecular flexibility index (Phi) is 3.02. The van der Waals surface area contributed by atoms with Crippen molar-refractivity contribution in [3.05, 3.63) is 24.0 Å². The molecule has 0 unspecified atom stereocenters. The lowest BCUT2D eigenvalue weighted by atomic mass is 10.2. The summed E-state index contributed by atoms with van der Waals surface area (Å²) in [6.07, 6.45) is 9.40. The van der Waals surface area contributed by atoms with Gasteiger partial charge in [0.1, 0.15) is 0 Å². The van der Waals surface area contributed by atoms with E-state index in [9.17, 15) is 0 Å². The van der Waals surface area contributed by atoms with E-state index in [4.69, 9.17) is 0 Å². The molecule has 3 heteroatoms. The molecule has 92 valence electrons. The number of nitrogens with zero attached hydrogens (tertiary/aromatic N) is 2. The standard InChI is InChI=1S/C14H21N3/c1-17(10-11-2-3-11)14-9-15-7-6-12(14)8-16-13-4-5-13/h6-7,9,11,13,16H,2-5,8,10H2,1H3. The van der Waals surface area contributed by atoms with E-state index in [0.29, 0.717) is 0 Å². The molecule has 1 N–H and O–H groups in total. The topological polar surface area (TPSA) is 28.2 Å². The molecule has 0 saturated heterocycles. The summed E-state index contributed by atoms with van der Waals surface area (Å²) in [5, 5.41) is 3.58. The minimum absolute atomic E-state index is 0.768. The molecule has 17 heavy (non-hydrogen) atoms. The Hall–Kier alpha value is -1.09. The maximum atomic E-state index is 4.27. The number of anilines is 1. The fourth-order valence-corrected chi connectivity index (χ4v) is 2.24. The second kappa shape index (κ2) is 4.65. The van der Waals surface area contributed by atoms with Crippen molar-refractivity contribution in [1.82, 2.24) is 10.3 Å². The van der Waals surface area contributed by atoms with Gasteiger partial charge in [-0.1, -0.05) is 0 Å². The molecule has 2 aliphatic rings. The Morgan fingerprint density at radius 1 is 1.35 bits per heavy atom. The second-order valence-electron chi connectivity index (χ2n) is 5.48. The zero-order chi connectivity index (χ0) is 11.7. The quantitative estimate of drug-likeness (QED) is 0.813. The molecule has 2 aliphatic carbocycles. The van der Waals surface area contributed by atoms with Gasteiger partial charge < -0.3 is 10.2 Å². The van der Waals surface area contributed by atoms with Crippen LogP contribution in [0.5, 0.6) is 0 Å². The van der Waals surface area contributed by atoms with Gasteiger partial charge in [0.25, 0.3) is 0 Å². The summed E-state index contributed by atoms with van der Waals surface area (Å²) in [6, 6.07) is 2.92. The molecule has 2 fully saturated rings. The van der Waals surface area contributed by atoms with Gasteiger partial charge in [0, 0.05) is 32.4 Å². The van der Waals surface area contributed by atoms with Crippen molar-refractivity contribution in [3.8, 4) is 0 Å². The summed E-state index contributed by atoms with van der Waals surface area (Å²) in [7, 11) is 2.19. The van der Waals surface area contributed by atoms with Crippen LogP contribution >= 0.6 is 0 Å². The van der Waals surface area contributed by atoms with E-state index in [-0.39, 0.29) is 0 Å². The zero-order valence-corrected chi connectivity index (χ0v) is 10.5. The van der Waals surface area contributed by atoms with Gasteiger partial charge in [-0.15, -0.1) is 0 Å². The van der Waals surface area contributed by atoms with Crippen LogP contribution in [0.2, 0.25) is 0 Å². The first-order valence-corrected chi connectivity index (χ1v) is 6.70. The van der Waals surface area contributed by atoms with Crippen LogP contribution in [0.25, 0.3) is 0 Å². The maximum absolute atomic E-state index is 4.27. The molecule has 1 aromatic rings. The van der Waals surface area contributed by atoms with Crippen molar-refractivity contribution in [2.75, 3.05) is 18.5 Å². The molecule has 3 nitrogen and oxygen atoms in total. The highest BCUT2D eigenvalue weighted by Crippen LogP contribution is 2.31. The molecule has 0 aromatic carbocycles. The van der Waals surface area contributed by atoms with Gasteiger partial charge >= 0.3 is 0 Å². The van der Waals surface area contributed by atoms with Crippen molar-refractivity contribution in [1.29, 1.82) is 0 Å². The first kappa shape index (κ1) is 11.0. The fraction of sp³-hybridized carbons (Fsp3) is 0.643. The number of pyridine rings is 1. The van der Waals surface area contributed by atoms with E-state index in [0.717, 1.165) is 18.5 Å². The lowest BCUT2D eigenvalue weighted by Crippen LogP contribution is -2.23. The van der Waals surface area contributed by atoms with Gasteiger partial charge in [0.05, 0.1) is 11.9 Å². The average Bonchev–Trinajstić information content (AvgIpc) is 3.21. The molecule has 3 rings (SSSR count). The van der Waals surface area contributed by atoms with E-state index in [1.165, 1.54) is 43.5 Å². The average molecular weight is 231 g/mol. The number of nitrogens with one attached hydrogen (secondary N) is 1. The van der Waals surface area contributed by atoms with Crippen molar-refractivity contribution >= 4 is 5.69 Å². The molecule has 0 aliphatic heterocycles. The van der Waals surface area contributed by atoms with Crippen LogP contribution in [0.1, 0.15) is 31.2 Å². The lowest BCUT2D eigenvalue weighted by molar-refractivity contribution is 0.682. The third-order valence-electron chi connectivity index (χ3n) is 3.69. The third kappa shape index (κ3) is 2.97. The summed E-state index contributed by atoms with van der Waals surface area (Å²) < 4.78 is 0. The van der Waals surface area contributed by atoms with Crippen molar-refractivity contribution in [2.24, 2.45) is 5.92 Å². The number of hydrogen-bond donors (Lipinski definition) is 1. The van der Waals surface area contributed by atoms with Crippen LogP contribution < -0.4 is 10.2 Å². The van der Waals surface area contributed by atoms with E-state index < -0.39 is 0 Å². The smallest absolute Gasteiger partial charge is 0.0595 e. The Morgan fingerprint density at radius 2 is 2.18 bits per heavy atom. The van der Waals surface area contributed by atoms with Crippen molar-refractivity contribution in [2.45, 2.75) is 38.3 Å². The molecule has 1 aromatic heterocycles. The predicted octanol–water partition coefficient (Wildman–Crippen LogP) is 2.18. The minimum atomic E-state index is 0.768. The van der Waals surface area contributed by atoms with Gasteiger partial charge in [-0.05, 0) is 43.2 Å². The summed E-state index contributed by atoms with van der Waals surface area (Å²) >= 11 is 0. The van der Waals surface area contributed by atoms with Gasteiger partial charge in [0.2, 0.25) is 0 Å². The van der Waals surface area contributed by atoms with E-state index in [1.807, 2.05) is 12.4 Å². The van der Waals surface area contributed by atoms with Crippen LogP contribution in [0.3, 0.4) is 0 Å². The first-order valence-electron chi connectivity index (χ1n) is 6.70. The van der Waals surface area contributed by atoms with E-state index in [1.54, 1.807) is 0 Å². The predicted molar refractivity (Wildman–Crippen MR) is 70.1 cm³/mol. The van der Waals surface area contributed by atoms with Crippen LogP contribution in [0, 0.1) is 5.92 Å². The maximum Gasteiger partial charge on any atom is 0.0595 e. The summed E-state index contributed by atoms with van der Waals surface area (Å²) in [5.41, 5.74) is 2.68. The van der Waals surface area contributed by atoms with E-state index in [2.05, 4.69) is 28.3 Å². The molecule has 0 atom stereocenters.